The number of amides is 1. The Labute approximate surface area is 175 Å². The summed E-state index contributed by atoms with van der Waals surface area (Å²) in [5, 5.41) is 8.16. The van der Waals surface area contributed by atoms with Crippen molar-refractivity contribution in [3.63, 3.8) is 0 Å². The number of halogens is 1. The Hall–Kier alpha value is -2.57. The predicted octanol–water partition coefficient (Wildman–Crippen LogP) is 4.39. The Bertz CT molecular complexity index is 928. The van der Waals surface area contributed by atoms with Crippen LogP contribution in [0.1, 0.15) is 36.2 Å². The molecule has 0 saturated carbocycles. The molecule has 1 aliphatic rings. The Morgan fingerprint density at radius 2 is 1.93 bits per heavy atom. The summed E-state index contributed by atoms with van der Waals surface area (Å²) in [6.45, 7) is 4.01. The van der Waals surface area contributed by atoms with E-state index >= 15 is 0 Å². The third kappa shape index (κ3) is 4.89. The van der Waals surface area contributed by atoms with Gasteiger partial charge in [0.15, 0.2) is 11.5 Å². The number of rotatable bonds is 7. The number of carbonyl (C=O) groups is 1. The molecule has 0 spiro atoms. The molecule has 1 amide bonds. The molecule has 0 atom stereocenters. The maximum Gasteiger partial charge on any atom is 0.271 e. The van der Waals surface area contributed by atoms with Crippen molar-refractivity contribution >= 4 is 17.5 Å². The van der Waals surface area contributed by atoms with Crippen LogP contribution in [0.25, 0.3) is 17.1 Å². The van der Waals surface area contributed by atoms with Gasteiger partial charge in [0.05, 0.1) is 12.0 Å². The molecule has 0 unspecified atom stereocenters. The number of hydrogen-bond donors (Lipinski definition) is 1. The number of aromatic nitrogens is 2. The molecule has 4 rings (SSSR count). The molecule has 1 saturated heterocycles. The zero-order chi connectivity index (χ0) is 20.1. The first kappa shape index (κ1) is 19.7. The summed E-state index contributed by atoms with van der Waals surface area (Å²) in [7, 11) is 0. The topological polar surface area (TPSA) is 63.3 Å². The van der Waals surface area contributed by atoms with Gasteiger partial charge in [-0.3, -0.25) is 4.79 Å². The molecule has 2 aromatic heterocycles. The van der Waals surface area contributed by atoms with Crippen molar-refractivity contribution in [3.8, 4) is 17.1 Å². The Morgan fingerprint density at radius 3 is 2.66 bits per heavy atom. The lowest BCUT2D eigenvalue weighted by Crippen LogP contribution is -2.33. The van der Waals surface area contributed by atoms with E-state index in [1.165, 1.54) is 32.4 Å². The number of furan rings is 1. The third-order valence-electron chi connectivity index (χ3n) is 5.17. The average molecular weight is 413 g/mol. The SMILES string of the molecule is O=C(NCCCN1CCCCC1)c1cc(-c2ccco2)n(-c2ccc(Cl)cc2)n1. The first-order chi connectivity index (χ1) is 14.2. The largest absolute Gasteiger partial charge is 0.463 e. The summed E-state index contributed by atoms with van der Waals surface area (Å²) >= 11 is 6.01. The summed E-state index contributed by atoms with van der Waals surface area (Å²) in [6.07, 6.45) is 6.44. The minimum Gasteiger partial charge on any atom is -0.463 e. The monoisotopic (exact) mass is 412 g/mol. The van der Waals surface area contributed by atoms with E-state index in [4.69, 9.17) is 16.0 Å². The number of carbonyl (C=O) groups excluding carboxylic acids is 1. The second-order valence-corrected chi connectivity index (χ2v) is 7.73. The fourth-order valence-corrected chi connectivity index (χ4v) is 3.78. The van der Waals surface area contributed by atoms with Gasteiger partial charge in [-0.25, -0.2) is 4.68 Å². The number of hydrogen-bond acceptors (Lipinski definition) is 4. The van der Waals surface area contributed by atoms with Crippen molar-refractivity contribution in [1.29, 1.82) is 0 Å². The molecule has 1 fully saturated rings. The lowest BCUT2D eigenvalue weighted by atomic mass is 10.1. The van der Waals surface area contributed by atoms with Gasteiger partial charge in [0.1, 0.15) is 5.69 Å². The summed E-state index contributed by atoms with van der Waals surface area (Å²) < 4.78 is 7.25. The van der Waals surface area contributed by atoms with Gasteiger partial charge in [-0.2, -0.15) is 5.10 Å². The van der Waals surface area contributed by atoms with Crippen LogP contribution in [0.4, 0.5) is 0 Å². The van der Waals surface area contributed by atoms with Crippen molar-refractivity contribution in [2.45, 2.75) is 25.7 Å². The van der Waals surface area contributed by atoms with E-state index < -0.39 is 0 Å². The van der Waals surface area contributed by atoms with Gasteiger partial charge in [0.2, 0.25) is 0 Å². The molecule has 0 radical (unpaired) electrons. The molecule has 0 aliphatic carbocycles. The molecule has 1 aromatic carbocycles. The molecule has 152 valence electrons. The highest BCUT2D eigenvalue weighted by Gasteiger charge is 2.18. The van der Waals surface area contributed by atoms with E-state index in [-0.39, 0.29) is 5.91 Å². The smallest absolute Gasteiger partial charge is 0.271 e. The fraction of sp³-hybridized carbons (Fsp3) is 0.364. The second kappa shape index (κ2) is 9.29. The molecule has 1 aliphatic heterocycles. The van der Waals surface area contributed by atoms with Crippen molar-refractivity contribution < 1.29 is 9.21 Å². The van der Waals surface area contributed by atoms with Gasteiger partial charge in [0.25, 0.3) is 5.91 Å². The van der Waals surface area contributed by atoms with E-state index in [1.807, 2.05) is 24.3 Å². The first-order valence-electron chi connectivity index (χ1n) is 10.1. The number of nitrogens with one attached hydrogen (secondary N) is 1. The van der Waals surface area contributed by atoms with E-state index in [0.717, 1.165) is 24.3 Å². The average Bonchev–Trinajstić information content (AvgIpc) is 3.42. The zero-order valence-corrected chi connectivity index (χ0v) is 17.1. The van der Waals surface area contributed by atoms with E-state index in [1.54, 1.807) is 29.1 Å². The quantitative estimate of drug-likeness (QED) is 0.584. The van der Waals surface area contributed by atoms with Gasteiger partial charge >= 0.3 is 0 Å². The van der Waals surface area contributed by atoms with Crippen molar-refractivity contribution in [3.05, 3.63) is 59.4 Å². The summed E-state index contributed by atoms with van der Waals surface area (Å²) in [6, 6.07) is 12.7. The fourth-order valence-electron chi connectivity index (χ4n) is 3.65. The molecule has 3 heterocycles. The maximum atomic E-state index is 12.7. The van der Waals surface area contributed by atoms with E-state index in [9.17, 15) is 4.79 Å². The number of likely N-dealkylation sites (tertiary alicyclic amines) is 1. The van der Waals surface area contributed by atoms with Crippen LogP contribution in [-0.2, 0) is 0 Å². The highest BCUT2D eigenvalue weighted by molar-refractivity contribution is 6.30. The van der Waals surface area contributed by atoms with Gasteiger partial charge < -0.3 is 14.6 Å². The molecule has 29 heavy (non-hydrogen) atoms. The minimum absolute atomic E-state index is 0.177. The van der Waals surface area contributed by atoms with Gasteiger partial charge in [-0.05, 0) is 75.3 Å². The molecule has 7 heteroatoms. The van der Waals surface area contributed by atoms with Crippen LogP contribution in [0.15, 0.2) is 53.1 Å². The molecule has 0 bridgehead atoms. The number of benzene rings is 1. The van der Waals surface area contributed by atoms with Crippen molar-refractivity contribution in [2.75, 3.05) is 26.2 Å². The Morgan fingerprint density at radius 1 is 1.14 bits per heavy atom. The van der Waals surface area contributed by atoms with Crippen LogP contribution < -0.4 is 5.32 Å². The second-order valence-electron chi connectivity index (χ2n) is 7.29. The van der Waals surface area contributed by atoms with Gasteiger partial charge in [0, 0.05) is 17.6 Å². The lowest BCUT2D eigenvalue weighted by molar-refractivity contribution is 0.0945. The highest BCUT2D eigenvalue weighted by Crippen LogP contribution is 2.25. The van der Waals surface area contributed by atoms with E-state index in [0.29, 0.717) is 23.0 Å². The third-order valence-corrected chi connectivity index (χ3v) is 5.42. The standard InChI is InChI=1S/C22H25ClN4O2/c23-17-7-9-18(10-8-17)27-20(21-6-4-15-29-21)16-19(25-27)22(28)24-11-5-14-26-12-2-1-3-13-26/h4,6-10,15-16H,1-3,5,11-14H2,(H,24,28). The van der Waals surface area contributed by atoms with Crippen LogP contribution in [0, 0.1) is 0 Å². The Kier molecular flexibility index (Phi) is 6.32. The van der Waals surface area contributed by atoms with E-state index in [2.05, 4.69) is 15.3 Å². The predicted molar refractivity (Wildman–Crippen MR) is 114 cm³/mol. The van der Waals surface area contributed by atoms with Crippen LogP contribution in [0.2, 0.25) is 5.02 Å². The summed E-state index contributed by atoms with van der Waals surface area (Å²) in [4.78, 5) is 15.1. The van der Waals surface area contributed by atoms with Gasteiger partial charge in [-0.1, -0.05) is 18.0 Å². The molecule has 1 N–H and O–H groups in total. The van der Waals surface area contributed by atoms with Gasteiger partial charge in [-0.15, -0.1) is 0 Å². The number of piperidine rings is 1. The minimum atomic E-state index is -0.177. The van der Waals surface area contributed by atoms with Crippen LogP contribution in [0.5, 0.6) is 0 Å². The first-order valence-corrected chi connectivity index (χ1v) is 10.5. The summed E-state index contributed by atoms with van der Waals surface area (Å²) in [5.41, 5.74) is 1.89. The molecule has 3 aromatic rings. The van der Waals surface area contributed by atoms with Crippen LogP contribution >= 0.6 is 11.6 Å². The maximum absolute atomic E-state index is 12.7. The van der Waals surface area contributed by atoms with Crippen molar-refractivity contribution in [2.24, 2.45) is 0 Å². The summed E-state index contributed by atoms with van der Waals surface area (Å²) in [5.74, 6) is 0.473. The molecule has 6 nitrogen and oxygen atoms in total. The number of nitrogens with zero attached hydrogens (tertiary/aromatic N) is 3. The normalized spacial score (nSPS) is 14.8. The molecular weight excluding hydrogens is 388 g/mol. The molecular formula is C22H25ClN4O2. The van der Waals surface area contributed by atoms with Crippen molar-refractivity contribution in [1.82, 2.24) is 20.0 Å². The Balaban J connectivity index is 1.45. The zero-order valence-electron chi connectivity index (χ0n) is 16.3. The van der Waals surface area contributed by atoms with Crippen LogP contribution in [-0.4, -0.2) is 46.8 Å². The lowest BCUT2D eigenvalue weighted by Gasteiger charge is -2.26. The highest BCUT2D eigenvalue weighted by atomic mass is 35.5. The van der Waals surface area contributed by atoms with Crippen LogP contribution in [0.3, 0.4) is 0 Å².